The minimum atomic E-state index is -5.53. The van der Waals surface area contributed by atoms with Crippen molar-refractivity contribution in [3.63, 3.8) is 0 Å². The molecule has 9 N–H and O–H groups in total. The van der Waals surface area contributed by atoms with E-state index in [4.69, 9.17) is 51.7 Å². The highest BCUT2D eigenvalue weighted by atomic mass is 31.3. The summed E-state index contributed by atoms with van der Waals surface area (Å²) in [5, 5.41) is 19.4. The molecule has 115 heavy (non-hydrogen) atoms. The number of ether oxygens (including phenoxy) is 9. The molecule has 38 nitrogen and oxygen atoms in total. The molecule has 1 aromatic carbocycles. The molecule has 650 valence electrons. The molecule has 0 bridgehead atoms. The second kappa shape index (κ2) is 50.5. The Bertz CT molecular complexity index is 3440. The molecule has 0 saturated carbocycles. The third-order valence-electron chi connectivity index (χ3n) is 19.6. The first-order valence-electron chi connectivity index (χ1n) is 39.0. The fraction of sp³-hybridized carbons (Fsp3) is 0.720. The molecule has 3 unspecified atom stereocenters. The molecular weight excluding hydrogens is 1550 g/mol. The van der Waals surface area contributed by atoms with E-state index in [2.05, 4.69) is 41.5 Å². The van der Waals surface area contributed by atoms with Gasteiger partial charge in [-0.05, 0) is 57.2 Å². The summed E-state index contributed by atoms with van der Waals surface area (Å²) in [5.41, 5.74) is 0.860. The molecule has 5 rings (SSSR count). The van der Waals surface area contributed by atoms with E-state index in [0.29, 0.717) is 37.9 Å². The van der Waals surface area contributed by atoms with Gasteiger partial charge in [-0.1, -0.05) is 91.3 Å². The van der Waals surface area contributed by atoms with Gasteiger partial charge in [-0.2, -0.15) is 4.31 Å². The van der Waals surface area contributed by atoms with Crippen LogP contribution in [0.15, 0.2) is 54.3 Å². The van der Waals surface area contributed by atoms with E-state index in [9.17, 15) is 71.7 Å². The quantitative estimate of drug-likeness (QED) is 0.0191. The van der Waals surface area contributed by atoms with E-state index in [1.54, 1.807) is 48.0 Å². The summed E-state index contributed by atoms with van der Waals surface area (Å²) in [5.74, 6) is -6.70. The molecule has 3 heterocycles. The van der Waals surface area contributed by atoms with Gasteiger partial charge in [-0.15, -0.1) is 0 Å². The minimum absolute atomic E-state index is 0.00341. The number of benzene rings is 1. The van der Waals surface area contributed by atoms with Gasteiger partial charge in [-0.3, -0.25) is 66.8 Å². The summed E-state index contributed by atoms with van der Waals surface area (Å²) >= 11 is 0. The summed E-state index contributed by atoms with van der Waals surface area (Å²) in [4.78, 5) is 171. The number of rotatable bonds is 59. The second-order valence-electron chi connectivity index (χ2n) is 29.2. The van der Waals surface area contributed by atoms with Gasteiger partial charge in [0.1, 0.15) is 30.8 Å². The highest BCUT2D eigenvalue weighted by molar-refractivity contribution is 7.61. The number of nitrogens with zero attached hydrogens (tertiary/aromatic N) is 4. The first-order chi connectivity index (χ1) is 54.6. The van der Waals surface area contributed by atoms with E-state index in [1.165, 1.54) is 33.3 Å². The summed E-state index contributed by atoms with van der Waals surface area (Å²) in [7, 11) is -2.71. The molecule has 15 atom stereocenters. The first kappa shape index (κ1) is 98.3. The normalized spacial score (nSPS) is 19.7. The molecule has 3 aliphatic heterocycles. The molecule has 4 aliphatic rings. The van der Waals surface area contributed by atoms with Gasteiger partial charge in [0.25, 0.3) is 11.8 Å². The number of cyclic esters (lactones) is 1. The number of nitrogens with one attached hydrogen (secondary N) is 7. The van der Waals surface area contributed by atoms with Gasteiger partial charge in [0.15, 0.2) is 0 Å². The molecule has 1 aliphatic carbocycles. The van der Waals surface area contributed by atoms with Gasteiger partial charge in [-0.25, -0.2) is 13.9 Å². The molecule has 40 heteroatoms. The van der Waals surface area contributed by atoms with Crippen LogP contribution < -0.4 is 37.2 Å². The van der Waals surface area contributed by atoms with Gasteiger partial charge in [0.2, 0.25) is 47.3 Å². The Morgan fingerprint density at radius 2 is 1.24 bits per heavy atom. The Hall–Kier alpha value is -7.23. The zero-order valence-corrected chi connectivity index (χ0v) is 70.2. The van der Waals surface area contributed by atoms with E-state index in [1.807, 2.05) is 60.5 Å². The van der Waals surface area contributed by atoms with Gasteiger partial charge < -0.3 is 99.4 Å². The molecule has 1 aromatic rings. The predicted molar refractivity (Wildman–Crippen MR) is 415 cm³/mol. The van der Waals surface area contributed by atoms with Gasteiger partial charge in [0.05, 0.1) is 135 Å². The number of phosphoric acid groups is 2. The lowest BCUT2D eigenvalue weighted by molar-refractivity contribution is -0.148. The van der Waals surface area contributed by atoms with E-state index < -0.39 is 143 Å². The number of methoxy groups -OCH3 is 2. The van der Waals surface area contributed by atoms with Crippen molar-refractivity contribution in [3.05, 3.63) is 59.8 Å². The van der Waals surface area contributed by atoms with Crippen LogP contribution in [-0.4, -0.2) is 310 Å². The van der Waals surface area contributed by atoms with Gasteiger partial charge in [0, 0.05) is 97.0 Å². The summed E-state index contributed by atoms with van der Waals surface area (Å²) in [6.45, 7) is 15.7. The van der Waals surface area contributed by atoms with Crippen molar-refractivity contribution < 1.29 is 128 Å². The van der Waals surface area contributed by atoms with Crippen LogP contribution in [0.3, 0.4) is 0 Å². The van der Waals surface area contributed by atoms with Crippen LogP contribution in [0.5, 0.6) is 0 Å². The maximum absolute atomic E-state index is 14.6. The lowest BCUT2D eigenvalue weighted by atomic mass is 9.89. The average Bonchev–Trinajstić information content (AvgIpc) is 1.54. The molecular formula is C75H123N11O27P2. The Morgan fingerprint density at radius 3 is 1.82 bits per heavy atom. The lowest BCUT2D eigenvalue weighted by Crippen LogP contribution is -2.59. The zero-order chi connectivity index (χ0) is 85.0. The number of hydrogen-bond donors (Lipinski definition) is 9. The fourth-order valence-corrected chi connectivity index (χ4v) is 15.8. The van der Waals surface area contributed by atoms with Crippen molar-refractivity contribution in [1.82, 2.24) is 56.8 Å². The number of carbonyl (C=O) groups excluding carboxylic acids is 11. The van der Waals surface area contributed by atoms with Crippen molar-refractivity contribution in [2.24, 2.45) is 29.6 Å². The Labute approximate surface area is 673 Å². The van der Waals surface area contributed by atoms with E-state index in [0.717, 1.165) is 17.1 Å². The molecule has 10 amide bonds. The number of likely N-dealkylation sites (N-methyl/N-ethyl adjacent to an activating group) is 2. The standard InChI is InChI=1S/C75H123N11O27P2/c1-14-50(6)68(84(11)74(96)65(48(2)3)82-73(95)67(49(4)5)83(9)10)58(102-12)46-64(92)85-30-18-21-57(85)69(103-13)51(7)71(93)79-52(8)70(53-19-16-15-17-20-53)112-115(100,101)113-114(98,99)111-36-29-77-61(89)47-109-44-43-106-35-28-78-72(94)66(54-45-56(54)80-55-25-33-110-75(55)97)81-60(88)26-32-104-37-39-107-41-42-108-40-38-105-34-27-76-59(87)24-31-86-62(90)22-23-63(86)91/h15-17,19-20,22-23,45,48-52,54-55,57-58,65-70,80H,14,18,21,24-44,46-47H2,1-13H3,(H,76,87)(H,77,89)(H,78,94)(H,79,93)(H,81,88)(H,82,95)(H,98,99)(H,100,101)/t50-,51+,52+,54?,55-,57-,58+,65-,66-,67-,68-,69+,70+/m0/s1. The average molecular weight is 1670 g/mol. The maximum Gasteiger partial charge on any atom is 0.481 e. The van der Waals surface area contributed by atoms with Crippen molar-refractivity contribution in [1.29, 1.82) is 0 Å². The number of amides is 10. The number of imide groups is 1. The Balaban J connectivity index is 0.985. The molecule has 0 spiro atoms. The summed E-state index contributed by atoms with van der Waals surface area (Å²) in [6.07, 6.45) is 2.84. The van der Waals surface area contributed by atoms with Crippen LogP contribution in [0, 0.1) is 29.6 Å². The van der Waals surface area contributed by atoms with E-state index >= 15 is 0 Å². The smallest absolute Gasteiger partial charge is 0.464 e. The summed E-state index contributed by atoms with van der Waals surface area (Å²) < 4.78 is 91.7. The number of carbonyl (C=O) groups is 11. The van der Waals surface area contributed by atoms with Crippen LogP contribution in [0.25, 0.3) is 0 Å². The monoisotopic (exact) mass is 1670 g/mol. The van der Waals surface area contributed by atoms with Crippen molar-refractivity contribution in [3.8, 4) is 0 Å². The third kappa shape index (κ3) is 33.6. The van der Waals surface area contributed by atoms with Crippen LogP contribution in [-0.2, 0) is 118 Å². The minimum Gasteiger partial charge on any atom is -0.464 e. The van der Waals surface area contributed by atoms with Crippen molar-refractivity contribution in [2.45, 2.75) is 161 Å². The maximum atomic E-state index is 14.6. The van der Waals surface area contributed by atoms with E-state index in [-0.39, 0.29) is 172 Å². The number of hydrogen-bond acceptors (Lipinski definition) is 27. The van der Waals surface area contributed by atoms with Crippen molar-refractivity contribution in [2.75, 3.05) is 161 Å². The van der Waals surface area contributed by atoms with Crippen LogP contribution in [0.1, 0.15) is 112 Å². The van der Waals surface area contributed by atoms with Crippen molar-refractivity contribution >= 4 is 80.7 Å². The largest absolute Gasteiger partial charge is 0.481 e. The first-order valence-corrected chi connectivity index (χ1v) is 42.0. The molecule has 2 saturated heterocycles. The summed E-state index contributed by atoms with van der Waals surface area (Å²) in [6, 6.07) is 2.68. The second-order valence-corrected chi connectivity index (χ2v) is 32.2. The van der Waals surface area contributed by atoms with Gasteiger partial charge >= 0.3 is 21.6 Å². The fourth-order valence-electron chi connectivity index (χ4n) is 13.5. The Morgan fingerprint density at radius 1 is 0.652 bits per heavy atom. The van der Waals surface area contributed by atoms with Crippen LogP contribution >= 0.6 is 15.6 Å². The number of esters is 1. The number of likely N-dealkylation sites (tertiary alicyclic amines) is 1. The third-order valence-corrected chi connectivity index (χ3v) is 22.3. The zero-order valence-electron chi connectivity index (χ0n) is 68.4. The van der Waals surface area contributed by atoms with Crippen LogP contribution in [0.4, 0.5) is 0 Å². The topological polar surface area (TPSA) is 470 Å². The highest BCUT2D eigenvalue weighted by Gasteiger charge is 2.46. The SMILES string of the molecule is CC[C@H](C)[C@@H]([C@@H](CC(=O)N1CCC[C@H]1[C@H](OC)[C@@H](C)C(=O)N[C@H](C)[C@@H](OP(=O)(O)OP(=O)(O)OCCNC(=O)COCCOCCNC(=O)[C@@H](NC(=O)CCOCCOCCOCCOCCNC(=O)CCN1C(=O)C=CC1=O)C1C=C1N[C@H]1CCOC1=O)c1ccccc1)OC)N(C)C(=O)[C@@H](NC(=O)[C@H](C(C)C)N(C)C)C(C)C. The van der Waals surface area contributed by atoms with Crippen LogP contribution in [0.2, 0.25) is 0 Å². The molecule has 0 aromatic heterocycles. The predicted octanol–water partition coefficient (Wildman–Crippen LogP) is 1.19. The molecule has 0 radical (unpaired) electrons. The lowest BCUT2D eigenvalue weighted by Gasteiger charge is -2.41. The Kier molecular flexibility index (Phi) is 43.2. The number of phosphoric ester groups is 2. The molecule has 2 fully saturated rings. The highest BCUT2D eigenvalue weighted by Crippen LogP contribution is 2.62.